The van der Waals surface area contributed by atoms with Crippen molar-refractivity contribution < 1.29 is 18.7 Å². The second kappa shape index (κ2) is 8.47. The first-order chi connectivity index (χ1) is 11.6. The molecule has 2 rings (SSSR count). The Morgan fingerprint density at radius 1 is 1.04 bits per heavy atom. The molecule has 2 aromatic carbocycles. The van der Waals surface area contributed by atoms with Gasteiger partial charge in [0.15, 0.2) is 17.7 Å². The molecule has 0 bridgehead atoms. The first-order valence-corrected chi connectivity index (χ1v) is 7.30. The summed E-state index contributed by atoms with van der Waals surface area (Å²) < 4.78 is 18.7. The van der Waals surface area contributed by atoms with Gasteiger partial charge in [-0.3, -0.25) is 20.4 Å². The highest BCUT2D eigenvalue weighted by molar-refractivity contribution is 5.93. The van der Waals surface area contributed by atoms with E-state index in [2.05, 4.69) is 10.9 Å². The molecule has 0 aliphatic rings. The van der Waals surface area contributed by atoms with Gasteiger partial charge in [-0.25, -0.2) is 4.39 Å². The second-order valence-electron chi connectivity index (χ2n) is 4.91. The number of benzene rings is 2. The first kappa shape index (κ1) is 17.2. The molecule has 0 saturated carbocycles. The number of hydrazine groups is 1. The molecule has 0 spiro atoms. The average Bonchev–Trinajstić information content (AvgIpc) is 2.60. The standard InChI is InChI=1S/C18H17FN2O3/c1-13(24-16-10-6-5-9-15(16)19)18(23)21-20-17(22)12-11-14-7-3-2-4-8-14/h2-13H,1H3,(H,20,22)(H,21,23). The van der Waals surface area contributed by atoms with Crippen LogP contribution in [0.25, 0.3) is 6.08 Å². The van der Waals surface area contributed by atoms with Gasteiger partial charge in [0, 0.05) is 6.08 Å². The highest BCUT2D eigenvalue weighted by Crippen LogP contribution is 2.16. The number of para-hydroxylation sites is 1. The molecular formula is C18H17FN2O3. The zero-order valence-electron chi connectivity index (χ0n) is 13.0. The van der Waals surface area contributed by atoms with Crippen LogP contribution < -0.4 is 15.6 Å². The summed E-state index contributed by atoms with van der Waals surface area (Å²) in [4.78, 5) is 23.5. The lowest BCUT2D eigenvalue weighted by atomic mass is 10.2. The van der Waals surface area contributed by atoms with Crippen molar-refractivity contribution in [2.75, 3.05) is 0 Å². The van der Waals surface area contributed by atoms with E-state index in [1.54, 1.807) is 12.1 Å². The zero-order valence-corrected chi connectivity index (χ0v) is 13.0. The molecule has 0 fully saturated rings. The minimum Gasteiger partial charge on any atom is -0.478 e. The van der Waals surface area contributed by atoms with Gasteiger partial charge in [-0.05, 0) is 30.7 Å². The van der Waals surface area contributed by atoms with Crippen LogP contribution in [0.15, 0.2) is 60.7 Å². The lowest BCUT2D eigenvalue weighted by Gasteiger charge is -2.15. The van der Waals surface area contributed by atoms with Crippen LogP contribution in [0, 0.1) is 5.82 Å². The molecule has 2 amide bonds. The predicted octanol–water partition coefficient (Wildman–Crippen LogP) is 2.45. The van der Waals surface area contributed by atoms with Gasteiger partial charge in [0.1, 0.15) is 0 Å². The predicted molar refractivity (Wildman–Crippen MR) is 88.3 cm³/mol. The molecule has 24 heavy (non-hydrogen) atoms. The molecule has 124 valence electrons. The normalized spacial score (nSPS) is 11.8. The SMILES string of the molecule is CC(Oc1ccccc1F)C(=O)NNC(=O)C=Cc1ccccc1. The molecule has 1 atom stereocenters. The van der Waals surface area contributed by atoms with Gasteiger partial charge in [-0.2, -0.15) is 0 Å². The van der Waals surface area contributed by atoms with E-state index in [0.29, 0.717) is 0 Å². The smallest absolute Gasteiger partial charge is 0.279 e. The van der Waals surface area contributed by atoms with Crippen molar-refractivity contribution in [1.82, 2.24) is 10.9 Å². The molecule has 0 heterocycles. The Balaban J connectivity index is 1.80. The fourth-order valence-corrected chi connectivity index (χ4v) is 1.79. The number of nitrogens with one attached hydrogen (secondary N) is 2. The van der Waals surface area contributed by atoms with Gasteiger partial charge in [0.25, 0.3) is 11.8 Å². The van der Waals surface area contributed by atoms with Crippen LogP contribution in [-0.4, -0.2) is 17.9 Å². The molecule has 0 aliphatic carbocycles. The third-order valence-electron chi connectivity index (χ3n) is 3.05. The molecule has 2 N–H and O–H groups in total. The van der Waals surface area contributed by atoms with Gasteiger partial charge < -0.3 is 4.74 Å². The molecule has 0 aliphatic heterocycles. The van der Waals surface area contributed by atoms with Crippen LogP contribution in [0.3, 0.4) is 0 Å². The van der Waals surface area contributed by atoms with E-state index >= 15 is 0 Å². The van der Waals surface area contributed by atoms with Gasteiger partial charge in [-0.15, -0.1) is 0 Å². The Morgan fingerprint density at radius 3 is 2.42 bits per heavy atom. The third kappa shape index (κ3) is 5.24. The van der Waals surface area contributed by atoms with Crippen LogP contribution in [0.4, 0.5) is 4.39 Å². The number of hydrogen-bond acceptors (Lipinski definition) is 3. The summed E-state index contributed by atoms with van der Waals surface area (Å²) in [5.41, 5.74) is 5.31. The number of hydrogen-bond donors (Lipinski definition) is 2. The highest BCUT2D eigenvalue weighted by Gasteiger charge is 2.16. The number of rotatable bonds is 5. The minimum absolute atomic E-state index is 0.0320. The van der Waals surface area contributed by atoms with Crippen molar-refractivity contribution in [2.24, 2.45) is 0 Å². The van der Waals surface area contributed by atoms with Gasteiger partial charge >= 0.3 is 0 Å². The van der Waals surface area contributed by atoms with E-state index in [0.717, 1.165) is 5.56 Å². The molecule has 6 heteroatoms. The second-order valence-corrected chi connectivity index (χ2v) is 4.91. The lowest BCUT2D eigenvalue weighted by Crippen LogP contribution is -2.46. The first-order valence-electron chi connectivity index (χ1n) is 7.30. The van der Waals surface area contributed by atoms with E-state index in [-0.39, 0.29) is 5.75 Å². The van der Waals surface area contributed by atoms with E-state index in [4.69, 9.17) is 4.74 Å². The molecule has 1 unspecified atom stereocenters. The van der Waals surface area contributed by atoms with Crippen LogP contribution >= 0.6 is 0 Å². The summed E-state index contributed by atoms with van der Waals surface area (Å²) in [6.45, 7) is 1.45. The Morgan fingerprint density at radius 2 is 1.71 bits per heavy atom. The fourth-order valence-electron chi connectivity index (χ4n) is 1.79. The zero-order chi connectivity index (χ0) is 17.4. The maximum absolute atomic E-state index is 13.5. The summed E-state index contributed by atoms with van der Waals surface area (Å²) >= 11 is 0. The summed E-state index contributed by atoms with van der Waals surface area (Å²) in [7, 11) is 0. The Hall–Kier alpha value is -3.15. The summed E-state index contributed by atoms with van der Waals surface area (Å²) in [6.07, 6.45) is 1.93. The van der Waals surface area contributed by atoms with Crippen molar-refractivity contribution in [3.8, 4) is 5.75 Å². The van der Waals surface area contributed by atoms with Gasteiger partial charge in [-0.1, -0.05) is 42.5 Å². The number of carbonyl (C=O) groups excluding carboxylic acids is 2. The van der Waals surface area contributed by atoms with E-state index < -0.39 is 23.7 Å². The molecule has 0 radical (unpaired) electrons. The van der Waals surface area contributed by atoms with Crippen molar-refractivity contribution in [1.29, 1.82) is 0 Å². The Bertz CT molecular complexity index is 732. The molecular weight excluding hydrogens is 311 g/mol. The van der Waals surface area contributed by atoms with Crippen molar-refractivity contribution in [3.05, 3.63) is 72.1 Å². The van der Waals surface area contributed by atoms with E-state index in [1.165, 1.54) is 31.2 Å². The highest BCUT2D eigenvalue weighted by atomic mass is 19.1. The third-order valence-corrected chi connectivity index (χ3v) is 3.05. The molecule has 0 aromatic heterocycles. The van der Waals surface area contributed by atoms with Gasteiger partial charge in [0.2, 0.25) is 0 Å². The maximum Gasteiger partial charge on any atom is 0.279 e. The molecule has 2 aromatic rings. The maximum atomic E-state index is 13.5. The average molecular weight is 328 g/mol. The van der Waals surface area contributed by atoms with Gasteiger partial charge in [0.05, 0.1) is 0 Å². The Kier molecular flexibility index (Phi) is 6.08. The van der Waals surface area contributed by atoms with Crippen LogP contribution in [0.2, 0.25) is 0 Å². The van der Waals surface area contributed by atoms with Crippen LogP contribution in [0.5, 0.6) is 5.75 Å². The van der Waals surface area contributed by atoms with Crippen molar-refractivity contribution in [3.63, 3.8) is 0 Å². The lowest BCUT2D eigenvalue weighted by molar-refractivity contribution is -0.131. The van der Waals surface area contributed by atoms with Crippen LogP contribution in [0.1, 0.15) is 12.5 Å². The number of amides is 2. The van der Waals surface area contributed by atoms with E-state index in [9.17, 15) is 14.0 Å². The van der Waals surface area contributed by atoms with Crippen LogP contribution in [-0.2, 0) is 9.59 Å². The largest absolute Gasteiger partial charge is 0.478 e. The molecule has 5 nitrogen and oxygen atoms in total. The monoisotopic (exact) mass is 328 g/mol. The fraction of sp³-hybridized carbons (Fsp3) is 0.111. The summed E-state index contributed by atoms with van der Waals surface area (Å²) in [5.74, 6) is -1.69. The summed E-state index contributed by atoms with van der Waals surface area (Å²) in [5, 5.41) is 0. The Labute approximate surface area is 139 Å². The minimum atomic E-state index is -0.972. The quantitative estimate of drug-likeness (QED) is 0.654. The topological polar surface area (TPSA) is 67.4 Å². The van der Waals surface area contributed by atoms with E-state index in [1.807, 2.05) is 30.3 Å². The number of carbonyl (C=O) groups is 2. The molecule has 0 saturated heterocycles. The number of ether oxygens (including phenoxy) is 1. The number of halogens is 1. The summed E-state index contributed by atoms with van der Waals surface area (Å²) in [6, 6.07) is 15.0. The van der Waals surface area contributed by atoms with Crippen molar-refractivity contribution in [2.45, 2.75) is 13.0 Å². The van der Waals surface area contributed by atoms with Crippen molar-refractivity contribution >= 4 is 17.9 Å².